The Kier molecular flexibility index (Phi) is 3.74. The summed E-state index contributed by atoms with van der Waals surface area (Å²) >= 11 is 0. The Bertz CT molecular complexity index is 267. The molecular formula is C9H13BO5. The fourth-order valence-corrected chi connectivity index (χ4v) is 1.48. The number of carbonyl (C=O) groups is 2. The number of ether oxygens (including phenoxy) is 3. The van der Waals surface area contributed by atoms with Gasteiger partial charge in [-0.2, -0.15) is 0 Å². The molecule has 0 aliphatic carbocycles. The molecule has 0 aromatic carbocycles. The van der Waals surface area contributed by atoms with Crippen LogP contribution >= 0.6 is 0 Å². The summed E-state index contributed by atoms with van der Waals surface area (Å²) in [5.41, 5.74) is -0.920. The van der Waals surface area contributed by atoms with E-state index in [0.717, 1.165) is 0 Å². The van der Waals surface area contributed by atoms with E-state index in [1.165, 1.54) is 13.8 Å². The Labute approximate surface area is 89.5 Å². The van der Waals surface area contributed by atoms with Gasteiger partial charge in [-0.15, -0.1) is 0 Å². The fourth-order valence-electron chi connectivity index (χ4n) is 1.48. The van der Waals surface area contributed by atoms with Crippen molar-refractivity contribution in [3.8, 4) is 0 Å². The molecule has 2 atom stereocenters. The van der Waals surface area contributed by atoms with E-state index in [2.05, 4.69) is 0 Å². The van der Waals surface area contributed by atoms with E-state index >= 15 is 0 Å². The lowest BCUT2D eigenvalue weighted by molar-refractivity contribution is -0.169. The molecule has 1 rings (SSSR count). The van der Waals surface area contributed by atoms with Crippen molar-refractivity contribution in [3.05, 3.63) is 0 Å². The largest absolute Gasteiger partial charge is 0.462 e. The molecule has 1 fully saturated rings. The zero-order chi connectivity index (χ0) is 11.5. The fraction of sp³-hybridized carbons (Fsp3) is 0.778. The second-order valence-corrected chi connectivity index (χ2v) is 3.61. The minimum Gasteiger partial charge on any atom is -0.462 e. The summed E-state index contributed by atoms with van der Waals surface area (Å²) in [6.45, 7) is 2.72. The van der Waals surface area contributed by atoms with Crippen molar-refractivity contribution in [2.24, 2.45) is 0 Å². The van der Waals surface area contributed by atoms with E-state index in [-0.39, 0.29) is 13.2 Å². The maximum atomic E-state index is 10.9. The predicted molar refractivity (Wildman–Crippen MR) is 51.2 cm³/mol. The van der Waals surface area contributed by atoms with Crippen molar-refractivity contribution in [1.82, 2.24) is 0 Å². The highest BCUT2D eigenvalue weighted by Gasteiger charge is 2.42. The van der Waals surface area contributed by atoms with Crippen molar-refractivity contribution in [2.75, 3.05) is 13.2 Å². The molecular weight excluding hydrogens is 199 g/mol. The predicted octanol–water partition coefficient (Wildman–Crippen LogP) is -0.234. The maximum absolute atomic E-state index is 10.9. The van der Waals surface area contributed by atoms with Crippen LogP contribution in [0.15, 0.2) is 0 Å². The van der Waals surface area contributed by atoms with Gasteiger partial charge >= 0.3 is 11.9 Å². The zero-order valence-corrected chi connectivity index (χ0v) is 8.82. The molecule has 0 N–H and O–H groups in total. The van der Waals surface area contributed by atoms with Crippen molar-refractivity contribution < 1.29 is 23.8 Å². The third-order valence-corrected chi connectivity index (χ3v) is 2.03. The molecule has 1 saturated heterocycles. The Hall–Kier alpha value is -1.04. The van der Waals surface area contributed by atoms with Crippen LogP contribution < -0.4 is 0 Å². The molecule has 0 spiro atoms. The Morgan fingerprint density at radius 2 is 2.13 bits per heavy atom. The van der Waals surface area contributed by atoms with Crippen LogP contribution in [0, 0.1) is 0 Å². The molecule has 1 aliphatic heterocycles. The van der Waals surface area contributed by atoms with Gasteiger partial charge in [-0.1, -0.05) is 0 Å². The highest BCUT2D eigenvalue weighted by Crippen LogP contribution is 2.27. The van der Waals surface area contributed by atoms with Gasteiger partial charge in [0.15, 0.2) is 5.60 Å². The molecule has 5 nitrogen and oxygen atoms in total. The summed E-state index contributed by atoms with van der Waals surface area (Å²) < 4.78 is 15.0. The average molecular weight is 212 g/mol. The molecule has 82 valence electrons. The van der Waals surface area contributed by atoms with E-state index in [9.17, 15) is 9.59 Å². The van der Waals surface area contributed by atoms with Gasteiger partial charge in [0.1, 0.15) is 14.5 Å². The highest BCUT2D eigenvalue weighted by atomic mass is 16.6. The standard InChI is InChI=1S/C9H13BO5/c1-6(11)13-4-9(15-7(2)12)3-8(10)14-5-9/h8H,3-5H2,1-2H3. The Balaban J connectivity index is 2.60. The van der Waals surface area contributed by atoms with Crippen molar-refractivity contribution >= 4 is 19.8 Å². The average Bonchev–Trinajstić information content (AvgIpc) is 2.44. The van der Waals surface area contributed by atoms with Crippen molar-refractivity contribution in [2.45, 2.75) is 31.9 Å². The molecule has 15 heavy (non-hydrogen) atoms. The van der Waals surface area contributed by atoms with Gasteiger partial charge in [0, 0.05) is 26.3 Å². The maximum Gasteiger partial charge on any atom is 0.303 e. The molecule has 0 saturated carbocycles. The molecule has 0 aromatic heterocycles. The first kappa shape index (κ1) is 12.0. The van der Waals surface area contributed by atoms with Crippen LogP contribution in [0.25, 0.3) is 0 Å². The minimum absolute atomic E-state index is 0.0182. The topological polar surface area (TPSA) is 61.8 Å². The van der Waals surface area contributed by atoms with Gasteiger partial charge in [-0.05, 0) is 0 Å². The molecule has 1 heterocycles. The quantitative estimate of drug-likeness (QED) is 0.477. The van der Waals surface area contributed by atoms with E-state index in [1.54, 1.807) is 0 Å². The molecule has 6 heteroatoms. The first-order valence-corrected chi connectivity index (χ1v) is 4.64. The summed E-state index contributed by atoms with van der Waals surface area (Å²) in [7, 11) is 5.54. The van der Waals surface area contributed by atoms with E-state index in [1.807, 2.05) is 0 Å². The Morgan fingerprint density at radius 1 is 1.47 bits per heavy atom. The number of hydrogen-bond acceptors (Lipinski definition) is 5. The van der Waals surface area contributed by atoms with Crippen molar-refractivity contribution in [3.63, 3.8) is 0 Å². The monoisotopic (exact) mass is 212 g/mol. The zero-order valence-electron chi connectivity index (χ0n) is 8.82. The molecule has 0 amide bonds. The smallest absolute Gasteiger partial charge is 0.303 e. The van der Waals surface area contributed by atoms with Crippen LogP contribution in [0.1, 0.15) is 20.3 Å². The van der Waals surface area contributed by atoms with E-state index in [0.29, 0.717) is 6.42 Å². The summed E-state index contributed by atoms with van der Waals surface area (Å²) in [6.07, 6.45) is 0.333. The highest BCUT2D eigenvalue weighted by molar-refractivity contribution is 6.11. The number of carbonyl (C=O) groups excluding carboxylic acids is 2. The van der Waals surface area contributed by atoms with Crippen LogP contribution in [0.2, 0.25) is 0 Å². The van der Waals surface area contributed by atoms with E-state index in [4.69, 9.17) is 22.1 Å². The number of esters is 2. The molecule has 2 radical (unpaired) electrons. The van der Waals surface area contributed by atoms with Crippen LogP contribution in [0.3, 0.4) is 0 Å². The second-order valence-electron chi connectivity index (χ2n) is 3.61. The third kappa shape index (κ3) is 3.55. The van der Waals surface area contributed by atoms with E-state index < -0.39 is 23.5 Å². The SMILES string of the molecule is [B]C1CC(COC(C)=O)(OC(C)=O)CO1. The van der Waals surface area contributed by atoms with Crippen LogP contribution in [0.5, 0.6) is 0 Å². The lowest BCUT2D eigenvalue weighted by Gasteiger charge is -2.26. The molecule has 1 aliphatic rings. The second kappa shape index (κ2) is 4.66. The van der Waals surface area contributed by atoms with Crippen LogP contribution in [-0.2, 0) is 23.8 Å². The lowest BCUT2D eigenvalue weighted by Crippen LogP contribution is -2.41. The first-order chi connectivity index (χ1) is 6.93. The number of rotatable bonds is 3. The summed E-state index contributed by atoms with van der Waals surface area (Å²) in [5.74, 6) is -0.873. The molecule has 0 aromatic rings. The number of hydrogen-bond donors (Lipinski definition) is 0. The van der Waals surface area contributed by atoms with Crippen LogP contribution in [-0.4, -0.2) is 44.6 Å². The minimum atomic E-state index is -0.920. The van der Waals surface area contributed by atoms with Gasteiger partial charge < -0.3 is 14.2 Å². The van der Waals surface area contributed by atoms with Gasteiger partial charge in [-0.3, -0.25) is 9.59 Å². The molecule has 0 bridgehead atoms. The first-order valence-electron chi connectivity index (χ1n) is 4.64. The summed E-state index contributed by atoms with van der Waals surface area (Å²) in [6, 6.07) is -0.486. The lowest BCUT2D eigenvalue weighted by atomic mass is 9.90. The summed E-state index contributed by atoms with van der Waals surface area (Å²) in [4.78, 5) is 21.6. The van der Waals surface area contributed by atoms with Crippen LogP contribution in [0.4, 0.5) is 0 Å². The van der Waals surface area contributed by atoms with Crippen molar-refractivity contribution in [1.29, 1.82) is 0 Å². The van der Waals surface area contributed by atoms with Gasteiger partial charge in [0.25, 0.3) is 0 Å². The molecule has 2 unspecified atom stereocenters. The third-order valence-electron chi connectivity index (χ3n) is 2.03. The van der Waals surface area contributed by atoms with Gasteiger partial charge in [0.2, 0.25) is 0 Å². The van der Waals surface area contributed by atoms with Gasteiger partial charge in [-0.25, -0.2) is 0 Å². The summed E-state index contributed by atoms with van der Waals surface area (Å²) in [5, 5.41) is 0. The Morgan fingerprint density at radius 3 is 2.53 bits per heavy atom. The van der Waals surface area contributed by atoms with Gasteiger partial charge in [0.05, 0.1) is 6.61 Å². The normalized spacial score (nSPS) is 29.9.